The molecule has 0 spiro atoms. The molecular weight excluding hydrogens is 295 g/mol. The van der Waals surface area contributed by atoms with Crippen LogP contribution in [0.25, 0.3) is 0 Å². The zero-order valence-corrected chi connectivity index (χ0v) is 10.6. The van der Waals surface area contributed by atoms with Gasteiger partial charge in [-0.25, -0.2) is 9.97 Å². The number of hydrogen-bond acceptors (Lipinski definition) is 5. The van der Waals surface area contributed by atoms with E-state index in [-0.39, 0.29) is 6.42 Å². The van der Waals surface area contributed by atoms with Gasteiger partial charge in [0.05, 0.1) is 24.0 Å². The number of carbonyl (C=O) groups is 1. The van der Waals surface area contributed by atoms with Gasteiger partial charge in [-0.05, 0) is 12.1 Å². The van der Waals surface area contributed by atoms with Gasteiger partial charge in [0.2, 0.25) is 0 Å². The molecule has 2 rings (SSSR count). The summed E-state index contributed by atoms with van der Waals surface area (Å²) >= 11 is 1.16. The first-order valence-corrected chi connectivity index (χ1v) is 6.19. The van der Waals surface area contributed by atoms with E-state index in [2.05, 4.69) is 15.3 Å². The van der Waals surface area contributed by atoms with Gasteiger partial charge in [0.25, 0.3) is 0 Å². The van der Waals surface area contributed by atoms with Crippen molar-refractivity contribution in [2.24, 2.45) is 0 Å². The number of hydrogen-bond donors (Lipinski definition) is 2. The summed E-state index contributed by atoms with van der Waals surface area (Å²) in [4.78, 5) is 17.8. The molecule has 0 aliphatic carbocycles. The van der Waals surface area contributed by atoms with Crippen molar-refractivity contribution in [3.63, 3.8) is 0 Å². The molecule has 2 heterocycles. The normalized spacial score (nSPS) is 11.3. The summed E-state index contributed by atoms with van der Waals surface area (Å²) in [6.45, 7) is 0. The second kappa shape index (κ2) is 5.45. The second-order valence-electron chi connectivity index (χ2n) is 3.77. The lowest BCUT2D eigenvalue weighted by atomic mass is 10.3. The monoisotopic (exact) mass is 303 g/mol. The van der Waals surface area contributed by atoms with Crippen LogP contribution in [0.3, 0.4) is 0 Å². The number of pyridine rings is 1. The summed E-state index contributed by atoms with van der Waals surface area (Å²) in [5.74, 6) is -1.00. The Morgan fingerprint density at radius 1 is 1.40 bits per heavy atom. The van der Waals surface area contributed by atoms with Gasteiger partial charge >= 0.3 is 12.1 Å². The van der Waals surface area contributed by atoms with Crippen molar-refractivity contribution in [1.29, 1.82) is 0 Å². The SMILES string of the molecule is O=C(O)Cc1csc(Nc2ccc(C(F)(F)F)nc2)n1. The zero-order chi connectivity index (χ0) is 14.8. The number of carboxylic acids is 1. The molecule has 0 fully saturated rings. The number of nitrogens with zero attached hydrogens (tertiary/aromatic N) is 2. The Kier molecular flexibility index (Phi) is 3.89. The first kappa shape index (κ1) is 14.3. The molecule has 20 heavy (non-hydrogen) atoms. The number of alkyl halides is 3. The van der Waals surface area contributed by atoms with Crippen LogP contribution in [0.15, 0.2) is 23.7 Å². The van der Waals surface area contributed by atoms with Crippen LogP contribution in [0.5, 0.6) is 0 Å². The van der Waals surface area contributed by atoms with Crippen molar-refractivity contribution in [2.75, 3.05) is 5.32 Å². The molecule has 2 aromatic heterocycles. The summed E-state index contributed by atoms with van der Waals surface area (Å²) in [5, 5.41) is 13.3. The number of carboxylic acid groups (broad SMARTS) is 1. The molecule has 0 radical (unpaired) electrons. The van der Waals surface area contributed by atoms with Crippen LogP contribution in [0.4, 0.5) is 24.0 Å². The van der Waals surface area contributed by atoms with Crippen LogP contribution >= 0.6 is 11.3 Å². The van der Waals surface area contributed by atoms with Crippen molar-refractivity contribution in [3.05, 3.63) is 35.1 Å². The molecule has 5 nitrogen and oxygen atoms in total. The summed E-state index contributed by atoms with van der Waals surface area (Å²) in [6.07, 6.45) is -3.64. The molecule has 0 amide bonds. The Morgan fingerprint density at radius 3 is 2.70 bits per heavy atom. The Labute approximate surface area is 115 Å². The van der Waals surface area contributed by atoms with E-state index >= 15 is 0 Å². The Morgan fingerprint density at radius 2 is 2.15 bits per heavy atom. The highest BCUT2D eigenvalue weighted by molar-refractivity contribution is 7.13. The van der Waals surface area contributed by atoms with Gasteiger partial charge in [-0.2, -0.15) is 13.2 Å². The Hall–Kier alpha value is -2.16. The molecule has 0 bridgehead atoms. The summed E-state index contributed by atoms with van der Waals surface area (Å²) in [7, 11) is 0. The smallest absolute Gasteiger partial charge is 0.433 e. The summed E-state index contributed by atoms with van der Waals surface area (Å²) < 4.78 is 37.0. The third kappa shape index (κ3) is 3.67. The lowest BCUT2D eigenvalue weighted by Crippen LogP contribution is -2.07. The maximum Gasteiger partial charge on any atom is 0.433 e. The quantitative estimate of drug-likeness (QED) is 0.908. The minimum atomic E-state index is -4.48. The highest BCUT2D eigenvalue weighted by atomic mass is 32.1. The van der Waals surface area contributed by atoms with Gasteiger partial charge in [0.1, 0.15) is 5.69 Å². The average Bonchev–Trinajstić information content (AvgIpc) is 2.75. The third-order valence-corrected chi connectivity index (χ3v) is 3.00. The van der Waals surface area contributed by atoms with E-state index < -0.39 is 17.8 Å². The van der Waals surface area contributed by atoms with Crippen LogP contribution in [0.2, 0.25) is 0 Å². The van der Waals surface area contributed by atoms with Gasteiger partial charge in [-0.3, -0.25) is 4.79 Å². The first-order chi connectivity index (χ1) is 9.34. The van der Waals surface area contributed by atoms with E-state index in [1.54, 1.807) is 5.38 Å². The van der Waals surface area contributed by atoms with E-state index in [1.165, 1.54) is 6.07 Å². The molecule has 0 saturated heterocycles. The topological polar surface area (TPSA) is 75.1 Å². The van der Waals surface area contributed by atoms with Crippen molar-refractivity contribution in [2.45, 2.75) is 12.6 Å². The fourth-order valence-corrected chi connectivity index (χ4v) is 2.09. The first-order valence-electron chi connectivity index (χ1n) is 5.31. The number of thiazole rings is 1. The molecule has 2 aromatic rings. The van der Waals surface area contributed by atoms with Gasteiger partial charge in [-0.1, -0.05) is 0 Å². The molecule has 0 aromatic carbocycles. The number of nitrogens with one attached hydrogen (secondary N) is 1. The molecule has 0 aliphatic rings. The Bertz CT molecular complexity index is 610. The molecule has 0 atom stereocenters. The molecule has 9 heteroatoms. The predicted molar refractivity (Wildman–Crippen MR) is 66.0 cm³/mol. The van der Waals surface area contributed by atoms with Gasteiger partial charge in [-0.15, -0.1) is 11.3 Å². The van der Waals surface area contributed by atoms with Gasteiger partial charge < -0.3 is 10.4 Å². The van der Waals surface area contributed by atoms with Crippen LogP contribution in [0.1, 0.15) is 11.4 Å². The third-order valence-electron chi connectivity index (χ3n) is 2.19. The standard InChI is InChI=1S/C11H8F3N3O2S/c12-11(13,14)8-2-1-6(4-15-8)16-10-17-7(5-20-10)3-9(18)19/h1-2,4-5H,3H2,(H,16,17)(H,18,19). The predicted octanol–water partition coefficient (Wildman–Crippen LogP) is 2.93. The fourth-order valence-electron chi connectivity index (χ4n) is 1.36. The molecule has 2 N–H and O–H groups in total. The molecular formula is C11H8F3N3O2S. The average molecular weight is 303 g/mol. The van der Waals surface area contributed by atoms with E-state index in [0.717, 1.165) is 23.6 Å². The highest BCUT2D eigenvalue weighted by Crippen LogP contribution is 2.28. The Balaban J connectivity index is 2.06. The number of rotatable bonds is 4. The molecule has 0 saturated carbocycles. The van der Waals surface area contributed by atoms with E-state index in [0.29, 0.717) is 16.5 Å². The summed E-state index contributed by atoms with van der Waals surface area (Å²) in [5.41, 5.74) is -0.257. The largest absolute Gasteiger partial charge is 0.481 e. The number of anilines is 2. The minimum absolute atomic E-state index is 0.205. The van der Waals surface area contributed by atoms with Gasteiger partial charge in [0.15, 0.2) is 5.13 Å². The number of aliphatic carboxylic acids is 1. The lowest BCUT2D eigenvalue weighted by Gasteiger charge is -2.06. The number of aromatic nitrogens is 2. The second-order valence-corrected chi connectivity index (χ2v) is 4.63. The van der Waals surface area contributed by atoms with Crippen LogP contribution in [-0.4, -0.2) is 21.0 Å². The lowest BCUT2D eigenvalue weighted by molar-refractivity contribution is -0.141. The summed E-state index contributed by atoms with van der Waals surface area (Å²) in [6, 6.07) is 2.09. The molecule has 0 unspecified atom stereocenters. The van der Waals surface area contributed by atoms with Crippen molar-refractivity contribution in [1.82, 2.24) is 9.97 Å². The van der Waals surface area contributed by atoms with Crippen molar-refractivity contribution >= 4 is 28.1 Å². The molecule has 106 valence electrons. The fraction of sp³-hybridized carbons (Fsp3) is 0.182. The van der Waals surface area contributed by atoms with Crippen molar-refractivity contribution in [3.8, 4) is 0 Å². The highest BCUT2D eigenvalue weighted by Gasteiger charge is 2.32. The maximum atomic E-state index is 12.3. The van der Waals surface area contributed by atoms with Crippen LogP contribution in [-0.2, 0) is 17.4 Å². The van der Waals surface area contributed by atoms with Gasteiger partial charge in [0, 0.05) is 5.38 Å². The maximum absolute atomic E-state index is 12.3. The van der Waals surface area contributed by atoms with Crippen LogP contribution < -0.4 is 5.32 Å². The van der Waals surface area contributed by atoms with E-state index in [1.807, 2.05) is 0 Å². The minimum Gasteiger partial charge on any atom is -0.481 e. The van der Waals surface area contributed by atoms with E-state index in [9.17, 15) is 18.0 Å². The van der Waals surface area contributed by atoms with E-state index in [4.69, 9.17) is 5.11 Å². The molecule has 0 aliphatic heterocycles. The zero-order valence-electron chi connectivity index (χ0n) is 9.81. The number of halogens is 3. The van der Waals surface area contributed by atoms with Crippen LogP contribution in [0, 0.1) is 0 Å². The van der Waals surface area contributed by atoms with Crippen molar-refractivity contribution < 1.29 is 23.1 Å².